The van der Waals surface area contributed by atoms with Crippen LogP contribution in [0.25, 0.3) is 0 Å². The van der Waals surface area contributed by atoms with Crippen LogP contribution in [0.2, 0.25) is 0 Å². The molecular formula is C22H20N4O. The summed E-state index contributed by atoms with van der Waals surface area (Å²) < 4.78 is 0. The summed E-state index contributed by atoms with van der Waals surface area (Å²) in [4.78, 5) is 16.6. The number of amides is 1. The van der Waals surface area contributed by atoms with E-state index in [9.17, 15) is 4.79 Å². The summed E-state index contributed by atoms with van der Waals surface area (Å²) in [6, 6.07) is 16.6. The fraction of sp³-hybridized carbons (Fsp3) is 0.136. The molecule has 2 aromatic carbocycles. The third-order valence-corrected chi connectivity index (χ3v) is 4.19. The van der Waals surface area contributed by atoms with Crippen molar-refractivity contribution in [3.63, 3.8) is 0 Å². The summed E-state index contributed by atoms with van der Waals surface area (Å²) in [5, 5.41) is 15.1. The SMILES string of the molecule is Cc1cc(C)c(Nc2ccc(C(=O)Nc3cccc(C#N)c3)nc2)c(C)c1. The maximum Gasteiger partial charge on any atom is 0.274 e. The maximum absolute atomic E-state index is 12.4. The van der Waals surface area contributed by atoms with Crippen molar-refractivity contribution in [2.45, 2.75) is 20.8 Å². The molecule has 3 aromatic rings. The third-order valence-electron chi connectivity index (χ3n) is 4.19. The molecular weight excluding hydrogens is 336 g/mol. The van der Waals surface area contributed by atoms with Crippen molar-refractivity contribution in [1.29, 1.82) is 5.26 Å². The lowest BCUT2D eigenvalue weighted by molar-refractivity contribution is 0.102. The van der Waals surface area contributed by atoms with Crippen LogP contribution in [-0.2, 0) is 0 Å². The molecule has 0 radical (unpaired) electrons. The van der Waals surface area contributed by atoms with Gasteiger partial charge in [-0.25, -0.2) is 4.98 Å². The highest BCUT2D eigenvalue weighted by Gasteiger charge is 2.09. The van der Waals surface area contributed by atoms with Crippen LogP contribution < -0.4 is 10.6 Å². The minimum atomic E-state index is -0.320. The van der Waals surface area contributed by atoms with Gasteiger partial charge in [-0.1, -0.05) is 23.8 Å². The fourth-order valence-electron chi connectivity index (χ4n) is 2.99. The first kappa shape index (κ1) is 18.2. The number of aromatic nitrogens is 1. The normalized spacial score (nSPS) is 10.1. The number of rotatable bonds is 4. The van der Waals surface area contributed by atoms with Crippen LogP contribution in [-0.4, -0.2) is 10.9 Å². The number of nitrogens with one attached hydrogen (secondary N) is 2. The van der Waals surface area contributed by atoms with Gasteiger partial charge in [-0.2, -0.15) is 5.26 Å². The highest BCUT2D eigenvalue weighted by Crippen LogP contribution is 2.25. The summed E-state index contributed by atoms with van der Waals surface area (Å²) in [5.74, 6) is -0.320. The first-order valence-electron chi connectivity index (χ1n) is 8.58. The highest BCUT2D eigenvalue weighted by atomic mass is 16.1. The molecule has 0 fully saturated rings. The zero-order valence-corrected chi connectivity index (χ0v) is 15.5. The van der Waals surface area contributed by atoms with Crippen LogP contribution in [0.15, 0.2) is 54.7 Å². The molecule has 1 heterocycles. The predicted molar refractivity (Wildman–Crippen MR) is 107 cm³/mol. The summed E-state index contributed by atoms with van der Waals surface area (Å²) in [6.07, 6.45) is 1.64. The highest BCUT2D eigenvalue weighted by molar-refractivity contribution is 6.03. The number of aryl methyl sites for hydroxylation is 3. The average Bonchev–Trinajstić information content (AvgIpc) is 2.65. The number of nitriles is 1. The Bertz CT molecular complexity index is 1010. The Morgan fingerprint density at radius 2 is 1.74 bits per heavy atom. The Morgan fingerprint density at radius 3 is 2.37 bits per heavy atom. The molecule has 0 aliphatic rings. The van der Waals surface area contributed by atoms with Gasteiger partial charge in [-0.15, -0.1) is 0 Å². The van der Waals surface area contributed by atoms with Gasteiger partial charge in [0, 0.05) is 11.4 Å². The summed E-state index contributed by atoms with van der Waals surface area (Å²) in [6.45, 7) is 6.20. The van der Waals surface area contributed by atoms with E-state index in [2.05, 4.69) is 48.5 Å². The smallest absolute Gasteiger partial charge is 0.274 e. The molecule has 0 saturated carbocycles. The van der Waals surface area contributed by atoms with Gasteiger partial charge in [0.2, 0.25) is 0 Å². The standard InChI is InChI=1S/C22H20N4O/c1-14-9-15(2)21(16(3)10-14)25-19-7-8-20(24-13-19)22(27)26-18-6-4-5-17(11-18)12-23/h4-11,13,25H,1-3H3,(H,26,27). The Balaban J connectivity index is 1.73. The van der Waals surface area contributed by atoms with E-state index in [1.54, 1.807) is 36.5 Å². The second-order valence-electron chi connectivity index (χ2n) is 6.48. The van der Waals surface area contributed by atoms with E-state index in [-0.39, 0.29) is 5.91 Å². The Labute approximate surface area is 158 Å². The number of hydrogen-bond donors (Lipinski definition) is 2. The molecule has 0 aliphatic heterocycles. The van der Waals surface area contributed by atoms with Crippen molar-refractivity contribution < 1.29 is 4.79 Å². The topological polar surface area (TPSA) is 77.8 Å². The lowest BCUT2D eigenvalue weighted by Crippen LogP contribution is -2.13. The van der Waals surface area contributed by atoms with Crippen molar-refractivity contribution in [2.24, 2.45) is 0 Å². The van der Waals surface area contributed by atoms with Crippen LogP contribution in [0.4, 0.5) is 17.1 Å². The molecule has 0 unspecified atom stereocenters. The molecule has 1 aromatic heterocycles. The van der Waals surface area contributed by atoms with E-state index in [4.69, 9.17) is 5.26 Å². The van der Waals surface area contributed by atoms with E-state index in [0.717, 1.165) is 22.5 Å². The van der Waals surface area contributed by atoms with Gasteiger partial charge in [0.05, 0.1) is 23.5 Å². The molecule has 3 rings (SSSR count). The van der Waals surface area contributed by atoms with Crippen LogP contribution in [0.3, 0.4) is 0 Å². The molecule has 2 N–H and O–H groups in total. The zero-order chi connectivity index (χ0) is 19.4. The van der Waals surface area contributed by atoms with Crippen molar-refractivity contribution in [3.8, 4) is 6.07 Å². The van der Waals surface area contributed by atoms with E-state index in [1.165, 1.54) is 5.56 Å². The summed E-state index contributed by atoms with van der Waals surface area (Å²) >= 11 is 0. The van der Waals surface area contributed by atoms with Crippen LogP contribution in [0.5, 0.6) is 0 Å². The van der Waals surface area contributed by atoms with E-state index >= 15 is 0 Å². The lowest BCUT2D eigenvalue weighted by atomic mass is 10.0. The molecule has 27 heavy (non-hydrogen) atoms. The number of nitrogens with zero attached hydrogens (tertiary/aromatic N) is 2. The Kier molecular flexibility index (Phi) is 5.18. The molecule has 1 amide bonds. The molecule has 5 heteroatoms. The Morgan fingerprint density at radius 1 is 1.00 bits per heavy atom. The zero-order valence-electron chi connectivity index (χ0n) is 15.5. The van der Waals surface area contributed by atoms with E-state index in [1.807, 2.05) is 12.1 Å². The Hall–Kier alpha value is -3.65. The minimum Gasteiger partial charge on any atom is -0.354 e. The summed E-state index contributed by atoms with van der Waals surface area (Å²) in [7, 11) is 0. The van der Waals surface area contributed by atoms with Crippen LogP contribution >= 0.6 is 0 Å². The number of pyridine rings is 1. The number of benzene rings is 2. The van der Waals surface area contributed by atoms with E-state index in [0.29, 0.717) is 16.9 Å². The third kappa shape index (κ3) is 4.31. The van der Waals surface area contributed by atoms with Crippen molar-refractivity contribution in [2.75, 3.05) is 10.6 Å². The second-order valence-corrected chi connectivity index (χ2v) is 6.48. The molecule has 0 bridgehead atoms. The quantitative estimate of drug-likeness (QED) is 0.699. The van der Waals surface area contributed by atoms with Crippen molar-refractivity contribution >= 4 is 23.0 Å². The van der Waals surface area contributed by atoms with Gasteiger partial charge >= 0.3 is 0 Å². The van der Waals surface area contributed by atoms with Crippen molar-refractivity contribution in [3.05, 3.63) is 82.7 Å². The fourth-order valence-corrected chi connectivity index (χ4v) is 2.99. The molecule has 134 valence electrons. The maximum atomic E-state index is 12.4. The molecule has 0 spiro atoms. The number of hydrogen-bond acceptors (Lipinski definition) is 4. The van der Waals surface area contributed by atoms with Gasteiger partial charge in [0.1, 0.15) is 5.69 Å². The molecule has 5 nitrogen and oxygen atoms in total. The first-order valence-corrected chi connectivity index (χ1v) is 8.58. The monoisotopic (exact) mass is 356 g/mol. The van der Waals surface area contributed by atoms with Crippen LogP contribution in [0.1, 0.15) is 32.7 Å². The van der Waals surface area contributed by atoms with Gasteiger partial charge in [0.15, 0.2) is 0 Å². The number of anilines is 3. The predicted octanol–water partition coefficient (Wildman–Crippen LogP) is 4.87. The van der Waals surface area contributed by atoms with E-state index < -0.39 is 0 Å². The first-order chi connectivity index (χ1) is 13.0. The van der Waals surface area contributed by atoms with Gasteiger partial charge in [-0.05, 0) is 62.2 Å². The molecule has 0 atom stereocenters. The van der Waals surface area contributed by atoms with Crippen LogP contribution in [0, 0.1) is 32.1 Å². The lowest BCUT2D eigenvalue weighted by Gasteiger charge is -2.14. The van der Waals surface area contributed by atoms with Gasteiger partial charge in [-0.3, -0.25) is 4.79 Å². The van der Waals surface area contributed by atoms with Gasteiger partial charge in [0.25, 0.3) is 5.91 Å². The molecule has 0 saturated heterocycles. The molecule has 0 aliphatic carbocycles. The second kappa shape index (κ2) is 7.71. The average molecular weight is 356 g/mol. The number of carbonyl (C=O) groups excluding carboxylic acids is 1. The summed E-state index contributed by atoms with van der Waals surface area (Å²) in [5.41, 5.74) is 6.76. The minimum absolute atomic E-state index is 0.306. The number of carbonyl (C=O) groups is 1. The van der Waals surface area contributed by atoms with Gasteiger partial charge < -0.3 is 10.6 Å². The largest absolute Gasteiger partial charge is 0.354 e. The van der Waals surface area contributed by atoms with Crippen molar-refractivity contribution in [1.82, 2.24) is 4.98 Å².